The first-order valence-electron chi connectivity index (χ1n) is 13.0. The Morgan fingerprint density at radius 3 is 2.78 bits per heavy atom. The Bertz CT molecular complexity index is 1040. The Morgan fingerprint density at radius 1 is 0.938 bits per heavy atom. The summed E-state index contributed by atoms with van der Waals surface area (Å²) in [6.07, 6.45) is 12.9. The molecule has 2 saturated carbocycles. The predicted octanol–water partition coefficient (Wildman–Crippen LogP) is 6.96. The van der Waals surface area contributed by atoms with Crippen LogP contribution in [0.2, 0.25) is 0 Å². The fourth-order valence-electron chi connectivity index (χ4n) is 7.75. The number of hydrogen-bond acceptors (Lipinski definition) is 2. The number of aryl methyl sites for hydroxylation is 2. The molecule has 0 unspecified atom stereocenters. The first kappa shape index (κ1) is 20.5. The molecule has 168 valence electrons. The van der Waals surface area contributed by atoms with E-state index in [1.807, 2.05) is 0 Å². The molecule has 2 fully saturated rings. The Labute approximate surface area is 192 Å². The van der Waals surface area contributed by atoms with Crippen LogP contribution in [0.5, 0.6) is 5.75 Å². The minimum atomic E-state index is -0.0323. The van der Waals surface area contributed by atoms with E-state index in [0.717, 1.165) is 31.4 Å². The van der Waals surface area contributed by atoms with Gasteiger partial charge in [-0.2, -0.15) is 0 Å². The average molecular weight is 429 g/mol. The Hall–Kier alpha value is -2.09. The zero-order valence-corrected chi connectivity index (χ0v) is 19.5. The highest BCUT2D eigenvalue weighted by molar-refractivity contribution is 5.87. The van der Waals surface area contributed by atoms with Gasteiger partial charge in [0, 0.05) is 11.8 Å². The van der Waals surface area contributed by atoms with Crippen LogP contribution in [0.4, 0.5) is 0 Å². The second-order valence-electron chi connectivity index (χ2n) is 11.1. The maximum atomic E-state index is 12.6. The third kappa shape index (κ3) is 3.33. The smallest absolute Gasteiger partial charge is 0.139 e. The van der Waals surface area contributed by atoms with Gasteiger partial charge in [-0.3, -0.25) is 4.79 Å². The maximum Gasteiger partial charge on any atom is 0.139 e. The lowest BCUT2D eigenvalue weighted by Crippen LogP contribution is -2.42. The highest BCUT2D eigenvalue weighted by Gasteiger charge is 2.54. The quantitative estimate of drug-likeness (QED) is 0.494. The lowest BCUT2D eigenvalue weighted by Gasteiger charge is -2.48. The van der Waals surface area contributed by atoms with Gasteiger partial charge in [-0.25, -0.2) is 0 Å². The molecule has 4 aliphatic rings. The molecular formula is C30H36O2. The Balaban J connectivity index is 1.20. The Morgan fingerprint density at radius 2 is 1.84 bits per heavy atom. The summed E-state index contributed by atoms with van der Waals surface area (Å²) in [5.74, 6) is 3.49. The minimum absolute atomic E-state index is 0.0323. The number of fused-ring (bicyclic) bond motifs is 6. The van der Waals surface area contributed by atoms with Crippen LogP contribution in [-0.2, 0) is 30.7 Å². The fraction of sp³-hybridized carbons (Fsp3) is 0.567. The molecule has 6 rings (SSSR count). The molecule has 32 heavy (non-hydrogen) atoms. The molecule has 2 heteroatoms. The number of rotatable bonds is 3. The number of carbonyl (C=O) groups is 1. The summed E-state index contributed by atoms with van der Waals surface area (Å²) in [5.41, 5.74) is 7.46. The van der Waals surface area contributed by atoms with Gasteiger partial charge in [0.2, 0.25) is 0 Å². The van der Waals surface area contributed by atoms with E-state index < -0.39 is 0 Å². The van der Waals surface area contributed by atoms with Crippen LogP contribution in [0, 0.1) is 17.3 Å². The van der Waals surface area contributed by atoms with Gasteiger partial charge in [-0.05, 0) is 115 Å². The molecule has 4 aliphatic carbocycles. The van der Waals surface area contributed by atoms with Crippen molar-refractivity contribution >= 4 is 5.78 Å². The number of hydrogen-bond donors (Lipinski definition) is 0. The zero-order valence-electron chi connectivity index (χ0n) is 19.5. The predicted molar refractivity (Wildman–Crippen MR) is 128 cm³/mol. The van der Waals surface area contributed by atoms with E-state index in [0.29, 0.717) is 30.1 Å². The van der Waals surface area contributed by atoms with Crippen molar-refractivity contribution in [3.8, 4) is 5.75 Å². The fourth-order valence-corrected chi connectivity index (χ4v) is 7.75. The van der Waals surface area contributed by atoms with Crippen molar-refractivity contribution in [1.82, 2.24) is 0 Å². The van der Waals surface area contributed by atoms with Crippen LogP contribution in [-0.4, -0.2) is 5.78 Å². The number of carbonyl (C=O) groups excluding carboxylic acids is 1. The van der Waals surface area contributed by atoms with E-state index >= 15 is 0 Å². The number of Topliss-reactive ketones (excluding diaryl/α,β-unsaturated/α-hetero) is 1. The lowest BCUT2D eigenvalue weighted by molar-refractivity contribution is -0.129. The van der Waals surface area contributed by atoms with Crippen molar-refractivity contribution in [2.45, 2.75) is 90.1 Å². The van der Waals surface area contributed by atoms with Gasteiger partial charge in [0.1, 0.15) is 18.1 Å². The summed E-state index contributed by atoms with van der Waals surface area (Å²) < 4.78 is 6.36. The summed E-state index contributed by atoms with van der Waals surface area (Å²) >= 11 is 0. The molecule has 0 N–H and O–H groups in total. The van der Waals surface area contributed by atoms with Crippen LogP contribution in [0.25, 0.3) is 0 Å². The normalized spacial score (nSPS) is 31.2. The van der Waals surface area contributed by atoms with Gasteiger partial charge in [0.15, 0.2) is 0 Å². The lowest BCUT2D eigenvalue weighted by atomic mass is 9.55. The Kier molecular flexibility index (Phi) is 5.16. The molecule has 0 saturated heterocycles. The standard InChI is InChI=1S/C30H36O2/c1-30-17-16-26-25-13-11-23(18-21(25)10-12-27(26)28(30)14-15-29(30)31)32-19-22-8-5-7-20-6-3-2-4-9-24(20)22/h5,7-8,11,13,18,26-28H,2-4,6,9-10,12,14-17,19H2,1H3/t26-,27-,28+,30+/m1/s1. The van der Waals surface area contributed by atoms with E-state index in [1.54, 1.807) is 11.1 Å². The van der Waals surface area contributed by atoms with Crippen LogP contribution in [0.15, 0.2) is 36.4 Å². The highest BCUT2D eigenvalue weighted by Crippen LogP contribution is 2.59. The molecule has 0 spiro atoms. The van der Waals surface area contributed by atoms with Crippen LogP contribution in [0.3, 0.4) is 0 Å². The molecule has 0 aliphatic heterocycles. The molecular weight excluding hydrogens is 392 g/mol. The molecule has 0 bridgehead atoms. The van der Waals surface area contributed by atoms with E-state index in [4.69, 9.17) is 4.74 Å². The highest BCUT2D eigenvalue weighted by atomic mass is 16.5. The second-order valence-corrected chi connectivity index (χ2v) is 11.1. The van der Waals surface area contributed by atoms with Gasteiger partial charge in [0.05, 0.1) is 0 Å². The number of ketones is 1. The van der Waals surface area contributed by atoms with E-state index in [1.165, 1.54) is 61.6 Å². The van der Waals surface area contributed by atoms with Gasteiger partial charge < -0.3 is 4.74 Å². The van der Waals surface area contributed by atoms with Crippen molar-refractivity contribution in [1.29, 1.82) is 0 Å². The van der Waals surface area contributed by atoms with Gasteiger partial charge >= 0.3 is 0 Å². The van der Waals surface area contributed by atoms with Gasteiger partial charge in [-0.1, -0.05) is 37.6 Å². The molecule has 2 nitrogen and oxygen atoms in total. The first-order chi connectivity index (χ1) is 15.6. The molecule has 0 amide bonds. The number of ether oxygens (including phenoxy) is 1. The van der Waals surface area contributed by atoms with Crippen molar-refractivity contribution in [2.24, 2.45) is 17.3 Å². The zero-order chi connectivity index (χ0) is 21.7. The average Bonchev–Trinajstić information content (AvgIpc) is 2.98. The van der Waals surface area contributed by atoms with Crippen LogP contribution >= 0.6 is 0 Å². The maximum absolute atomic E-state index is 12.6. The van der Waals surface area contributed by atoms with Crippen molar-refractivity contribution in [3.63, 3.8) is 0 Å². The third-order valence-corrected chi connectivity index (χ3v) is 9.54. The molecule has 4 atom stereocenters. The molecule has 0 aromatic heterocycles. The third-order valence-electron chi connectivity index (χ3n) is 9.54. The van der Waals surface area contributed by atoms with Crippen molar-refractivity contribution in [3.05, 3.63) is 64.2 Å². The van der Waals surface area contributed by atoms with Crippen LogP contribution < -0.4 is 4.74 Å². The molecule has 2 aromatic rings. The van der Waals surface area contributed by atoms with E-state index in [-0.39, 0.29) is 5.41 Å². The van der Waals surface area contributed by atoms with E-state index in [2.05, 4.69) is 43.3 Å². The van der Waals surface area contributed by atoms with Gasteiger partial charge in [0.25, 0.3) is 0 Å². The summed E-state index contributed by atoms with van der Waals surface area (Å²) in [5, 5.41) is 0. The summed E-state index contributed by atoms with van der Waals surface area (Å²) in [6, 6.07) is 13.7. The second kappa shape index (κ2) is 8.04. The largest absolute Gasteiger partial charge is 0.489 e. The van der Waals surface area contributed by atoms with Crippen molar-refractivity contribution < 1.29 is 9.53 Å². The molecule has 0 heterocycles. The minimum Gasteiger partial charge on any atom is -0.489 e. The topological polar surface area (TPSA) is 26.3 Å². The van der Waals surface area contributed by atoms with Gasteiger partial charge in [-0.15, -0.1) is 0 Å². The molecule has 0 radical (unpaired) electrons. The van der Waals surface area contributed by atoms with Crippen molar-refractivity contribution in [2.75, 3.05) is 0 Å². The summed E-state index contributed by atoms with van der Waals surface area (Å²) in [4.78, 5) is 12.6. The number of benzene rings is 2. The molecule has 2 aromatic carbocycles. The first-order valence-corrected chi connectivity index (χ1v) is 13.0. The SMILES string of the molecule is C[C@]12CC[C@@H]3c4ccc(OCc5cccc6c5CCCCC6)cc4CC[C@H]3[C@@H]1CCC2=O. The summed E-state index contributed by atoms with van der Waals surface area (Å²) in [7, 11) is 0. The monoisotopic (exact) mass is 428 g/mol. The van der Waals surface area contributed by atoms with E-state index in [9.17, 15) is 4.79 Å². The van der Waals surface area contributed by atoms with Crippen LogP contribution in [0.1, 0.15) is 92.0 Å². The summed E-state index contributed by atoms with van der Waals surface area (Å²) in [6.45, 7) is 2.94.